The smallest absolute Gasteiger partial charge is 0.306 e. The van der Waals surface area contributed by atoms with Crippen LogP contribution < -0.4 is 0 Å². The van der Waals surface area contributed by atoms with Gasteiger partial charge in [-0.1, -0.05) is 95.4 Å². The number of ether oxygens (including phenoxy) is 13. The molecule has 2 fully saturated rings. The fraction of sp³-hybridized carbons (Fsp3) is 0.688. The highest BCUT2D eigenvalue weighted by Crippen LogP contribution is 2.37. The fourth-order valence-electron chi connectivity index (χ4n) is 10.8. The zero-order valence-electron chi connectivity index (χ0n) is 53.7. The second-order valence-corrected chi connectivity index (χ2v) is 23.0. The maximum Gasteiger partial charge on any atom is 0.306 e. The maximum absolute atomic E-state index is 14.3. The summed E-state index contributed by atoms with van der Waals surface area (Å²) in [5, 5.41) is 12.4. The van der Waals surface area contributed by atoms with Crippen molar-refractivity contribution >= 4 is 59.5 Å². The Balaban J connectivity index is 2.23. The highest BCUT2D eigenvalue weighted by Gasteiger charge is 2.52. The number of cyclic esters (lactones) is 1. The molecule has 24 heteroatoms. The van der Waals surface area contributed by atoms with Crippen LogP contribution >= 0.6 is 0 Å². The molecule has 3 rings (SSSR count). The first-order valence-electron chi connectivity index (χ1n) is 30.0. The molecule has 2 saturated heterocycles. The number of carbonyl (C=O) groups is 10. The predicted octanol–water partition coefficient (Wildman–Crippen LogP) is 7.41. The van der Waals surface area contributed by atoms with Gasteiger partial charge in [-0.05, 0) is 46.0 Å². The van der Waals surface area contributed by atoms with E-state index in [-0.39, 0.29) is 43.6 Å². The van der Waals surface area contributed by atoms with Crippen LogP contribution in [0.2, 0.25) is 0 Å². The molecule has 0 amide bonds. The van der Waals surface area contributed by atoms with E-state index in [0.29, 0.717) is 6.42 Å². The average molecular weight is 1250 g/mol. The van der Waals surface area contributed by atoms with Gasteiger partial charge in [-0.25, -0.2) is 0 Å². The van der Waals surface area contributed by atoms with Gasteiger partial charge in [0.25, 0.3) is 0 Å². The normalized spacial score (nSPS) is 36.2. The summed E-state index contributed by atoms with van der Waals surface area (Å²) >= 11 is 0. The average Bonchev–Trinajstić information content (AvgIpc) is 1.25. The SMILES string of the molecule is CCC1OC(=O)CC[C@@H](OC(C)=O)[C@H](OC(C)=O)C[C@H](OC(C)=O)CC(=O)C[C@H](OC(C)=O)[C@](C)(O)C(C)CC(O[C@@H]2O[C@H](C)[C@@H](OC(C)=O)[C@H](OC(C)=O)[C@@H]2OC(C)=O)/C=C/C=C/C=C/C=C/C=C/C(C)C(O[C@H]2C[C@@H](OC(C)=O)[C@@H](C)[C@H](C)O2)C1C. The summed E-state index contributed by atoms with van der Waals surface area (Å²) in [5.41, 5.74) is -2.04. The highest BCUT2D eigenvalue weighted by molar-refractivity contribution is 5.80. The van der Waals surface area contributed by atoms with E-state index in [9.17, 15) is 53.1 Å². The summed E-state index contributed by atoms with van der Waals surface area (Å²) < 4.78 is 76.9. The maximum atomic E-state index is 14.3. The van der Waals surface area contributed by atoms with E-state index >= 15 is 0 Å². The molecule has 0 aliphatic carbocycles. The molecule has 24 nitrogen and oxygen atoms in total. The Labute approximate surface area is 516 Å². The van der Waals surface area contributed by atoms with Crippen LogP contribution in [0.5, 0.6) is 0 Å². The molecule has 20 atom stereocenters. The molecule has 0 bridgehead atoms. The lowest BCUT2D eigenvalue weighted by Gasteiger charge is -2.44. The van der Waals surface area contributed by atoms with Crippen LogP contribution in [0.4, 0.5) is 0 Å². The molecule has 3 aliphatic rings. The first kappa shape index (κ1) is 75.6. The van der Waals surface area contributed by atoms with Crippen molar-refractivity contribution in [2.24, 2.45) is 23.7 Å². The quantitative estimate of drug-likeness (QED) is 0.138. The number of ketones is 1. The molecule has 3 heterocycles. The topological polar surface area (TPSA) is 311 Å². The zero-order chi connectivity index (χ0) is 66.2. The first-order valence-corrected chi connectivity index (χ1v) is 30.0. The number of rotatable bonds is 13. The Hall–Kier alpha value is -6.60. The van der Waals surface area contributed by atoms with E-state index < -0.39 is 182 Å². The molecule has 0 aromatic rings. The van der Waals surface area contributed by atoms with Crippen LogP contribution in [-0.2, 0) is 110 Å². The summed E-state index contributed by atoms with van der Waals surface area (Å²) in [7, 11) is 0. The number of Topliss-reactive ketones (excluding diaryl/α,β-unsaturated/α-hetero) is 1. The molecule has 0 saturated carbocycles. The molecule has 1 N–H and O–H groups in total. The molecular weight excluding hydrogens is 1150 g/mol. The van der Waals surface area contributed by atoms with Gasteiger partial charge in [-0.15, -0.1) is 0 Å². The van der Waals surface area contributed by atoms with Crippen molar-refractivity contribution in [3.05, 3.63) is 60.8 Å². The van der Waals surface area contributed by atoms with Crippen molar-refractivity contribution in [3.63, 3.8) is 0 Å². The van der Waals surface area contributed by atoms with Gasteiger partial charge in [0.1, 0.15) is 48.0 Å². The molecule has 88 heavy (non-hydrogen) atoms. The lowest BCUT2D eigenvalue weighted by atomic mass is 9.79. The van der Waals surface area contributed by atoms with Crippen LogP contribution in [0.25, 0.3) is 0 Å². The van der Waals surface area contributed by atoms with E-state index in [4.69, 9.17) is 61.6 Å². The minimum Gasteiger partial charge on any atom is -0.462 e. The summed E-state index contributed by atoms with van der Waals surface area (Å²) in [6, 6.07) is 0. The number of carbonyl (C=O) groups excluding carboxylic acids is 10. The number of allylic oxidation sites excluding steroid dienone is 8. The van der Waals surface area contributed by atoms with Gasteiger partial charge in [-0.2, -0.15) is 0 Å². The third kappa shape index (κ3) is 25.9. The van der Waals surface area contributed by atoms with Gasteiger partial charge < -0.3 is 66.7 Å². The minimum absolute atomic E-state index is 0.116. The third-order valence-corrected chi connectivity index (χ3v) is 15.4. The lowest BCUT2D eigenvalue weighted by molar-refractivity contribution is -0.308. The van der Waals surface area contributed by atoms with E-state index in [1.54, 1.807) is 55.5 Å². The van der Waals surface area contributed by atoms with Crippen LogP contribution in [0.3, 0.4) is 0 Å². The largest absolute Gasteiger partial charge is 0.462 e. The van der Waals surface area contributed by atoms with Gasteiger partial charge in [0, 0.05) is 105 Å². The van der Waals surface area contributed by atoms with Crippen LogP contribution in [0.15, 0.2) is 60.8 Å². The van der Waals surface area contributed by atoms with Crippen molar-refractivity contribution in [3.8, 4) is 0 Å². The van der Waals surface area contributed by atoms with E-state index in [2.05, 4.69) is 0 Å². The third-order valence-electron chi connectivity index (χ3n) is 15.4. The second-order valence-electron chi connectivity index (χ2n) is 23.0. The Morgan fingerprint density at radius 3 is 1.57 bits per heavy atom. The van der Waals surface area contributed by atoms with Gasteiger partial charge in [0.15, 0.2) is 30.9 Å². The fourth-order valence-corrected chi connectivity index (χ4v) is 10.8. The zero-order valence-corrected chi connectivity index (χ0v) is 53.7. The molecule has 0 aromatic carbocycles. The van der Waals surface area contributed by atoms with Gasteiger partial charge in [-0.3, -0.25) is 47.9 Å². The molecule has 0 aromatic heterocycles. The van der Waals surface area contributed by atoms with Gasteiger partial charge in [0.2, 0.25) is 0 Å². The standard InChI is InChI=1S/C64H94O24/c1-17-52-38(5)59(88-58-34-54(80-43(10)67)37(4)39(6)76-58)35(2)26-24-22-20-18-19-21-23-25-27-50(86-63-62(85-48(15)72)61(84-47(14)71)60(40(7)77-63)83-46(13)70)30-36(3)64(16,75)56(82-45(12)69)32-49(73)31-51(78-41(8)65)33-55(81-44(11)68)53(79-42(9)66)28-29-57(74)87-52/h18-27,35-40,50-56,58-63,75H,17,28-34H2,1-16H3/b19-18+,22-20+,23-21+,26-24+,27-25+/t35?,36?,37-,38?,39-,40+,50?,51+,52?,53+,54+,55+,56-,58-,59?,60+,61-,62-,63-,64+/m0/s1. The van der Waals surface area contributed by atoms with E-state index in [1.165, 1.54) is 20.8 Å². The molecule has 494 valence electrons. The number of hydrogen-bond acceptors (Lipinski definition) is 24. The highest BCUT2D eigenvalue weighted by atomic mass is 16.7. The van der Waals surface area contributed by atoms with Crippen LogP contribution in [0, 0.1) is 23.7 Å². The predicted molar refractivity (Wildman–Crippen MR) is 313 cm³/mol. The van der Waals surface area contributed by atoms with E-state index in [0.717, 1.165) is 48.5 Å². The first-order chi connectivity index (χ1) is 41.2. The summed E-state index contributed by atoms with van der Waals surface area (Å²) in [6.45, 7) is 23.0. The lowest BCUT2D eigenvalue weighted by Crippen LogP contribution is -2.61. The van der Waals surface area contributed by atoms with Crippen LogP contribution in [-0.4, -0.2) is 162 Å². The molecule has 3 aliphatic heterocycles. The monoisotopic (exact) mass is 1250 g/mol. The van der Waals surface area contributed by atoms with Crippen molar-refractivity contribution in [2.75, 3.05) is 0 Å². The Morgan fingerprint density at radius 1 is 0.523 bits per heavy atom. The van der Waals surface area contributed by atoms with Crippen LogP contribution in [0.1, 0.15) is 162 Å². The number of esters is 9. The number of aliphatic hydroxyl groups is 1. The summed E-state index contributed by atoms with van der Waals surface area (Å²) in [6.07, 6.45) is -0.722. The molecular formula is C64H94O24. The van der Waals surface area contributed by atoms with Crippen molar-refractivity contribution in [1.29, 1.82) is 0 Å². The van der Waals surface area contributed by atoms with Crippen molar-refractivity contribution in [1.82, 2.24) is 0 Å². The Morgan fingerprint density at radius 2 is 1.02 bits per heavy atom. The second kappa shape index (κ2) is 36.8. The minimum atomic E-state index is -2.04. The van der Waals surface area contributed by atoms with E-state index in [1.807, 2.05) is 46.8 Å². The Bertz CT molecular complexity index is 2510. The van der Waals surface area contributed by atoms with Crippen molar-refractivity contribution in [2.45, 2.75) is 260 Å². The van der Waals surface area contributed by atoms with Crippen molar-refractivity contribution < 1.29 is 115 Å². The summed E-state index contributed by atoms with van der Waals surface area (Å²) in [4.78, 5) is 129. The molecule has 0 spiro atoms. The number of hydrogen-bond donors (Lipinski definition) is 1. The molecule has 6 unspecified atom stereocenters. The van der Waals surface area contributed by atoms with Gasteiger partial charge in [0.05, 0.1) is 24.4 Å². The summed E-state index contributed by atoms with van der Waals surface area (Å²) in [5.74, 6) is -9.41. The van der Waals surface area contributed by atoms with Gasteiger partial charge >= 0.3 is 53.7 Å². The Kier molecular flexibility index (Phi) is 31.6. The molecule has 0 radical (unpaired) electrons.